The molecule has 0 N–H and O–H groups in total. The van der Waals surface area contributed by atoms with Crippen molar-refractivity contribution in [2.75, 3.05) is 26.3 Å². The van der Waals surface area contributed by atoms with Crippen molar-refractivity contribution in [3.8, 4) is 0 Å². The van der Waals surface area contributed by atoms with Gasteiger partial charge in [-0.2, -0.15) is 4.31 Å². The first kappa shape index (κ1) is 21.0. The molecule has 0 bridgehead atoms. The second-order valence-corrected chi connectivity index (χ2v) is 8.69. The van der Waals surface area contributed by atoms with Gasteiger partial charge in [-0.05, 0) is 30.3 Å². The Bertz CT molecular complexity index is 973. The number of carbonyl (C=O) groups excluding carboxylic acids is 1. The molecule has 0 unspecified atom stereocenters. The van der Waals surface area contributed by atoms with E-state index < -0.39 is 28.4 Å². The van der Waals surface area contributed by atoms with Crippen molar-refractivity contribution < 1.29 is 27.1 Å². The molecule has 0 radical (unpaired) electrons. The molecule has 1 heterocycles. The largest absolute Gasteiger partial charge is 0.457 e. The molecule has 0 saturated carbocycles. The zero-order chi connectivity index (χ0) is 20.3. The van der Waals surface area contributed by atoms with Crippen LogP contribution in [-0.2, 0) is 26.1 Å². The van der Waals surface area contributed by atoms with Crippen LogP contribution >= 0.6 is 23.2 Å². The highest BCUT2D eigenvalue weighted by Crippen LogP contribution is 2.25. The molecule has 1 aliphatic heterocycles. The minimum Gasteiger partial charge on any atom is -0.457 e. The van der Waals surface area contributed by atoms with Crippen molar-refractivity contribution in [3.63, 3.8) is 0 Å². The van der Waals surface area contributed by atoms with Gasteiger partial charge < -0.3 is 9.47 Å². The van der Waals surface area contributed by atoms with E-state index in [9.17, 15) is 17.6 Å². The summed E-state index contributed by atoms with van der Waals surface area (Å²) in [6, 6.07) is 7.87. The molecule has 28 heavy (non-hydrogen) atoms. The van der Waals surface area contributed by atoms with Crippen LogP contribution in [0.2, 0.25) is 10.0 Å². The molecule has 0 amide bonds. The average Bonchev–Trinajstić information content (AvgIpc) is 2.68. The lowest BCUT2D eigenvalue weighted by molar-refractivity contribution is 0.0469. The van der Waals surface area contributed by atoms with Gasteiger partial charge in [0.15, 0.2) is 0 Å². The summed E-state index contributed by atoms with van der Waals surface area (Å²) >= 11 is 12.0. The molecule has 3 rings (SSSR count). The van der Waals surface area contributed by atoms with E-state index in [1.165, 1.54) is 34.6 Å². The van der Waals surface area contributed by atoms with Crippen LogP contribution in [0.1, 0.15) is 15.9 Å². The zero-order valence-electron chi connectivity index (χ0n) is 14.5. The van der Waals surface area contributed by atoms with Crippen LogP contribution in [0.3, 0.4) is 0 Å². The van der Waals surface area contributed by atoms with E-state index in [-0.39, 0.29) is 39.2 Å². The van der Waals surface area contributed by atoms with Gasteiger partial charge in [-0.1, -0.05) is 29.3 Å². The maximum atomic E-state index is 13.8. The number of halogens is 3. The topological polar surface area (TPSA) is 72.9 Å². The van der Waals surface area contributed by atoms with Crippen molar-refractivity contribution in [2.45, 2.75) is 11.5 Å². The summed E-state index contributed by atoms with van der Waals surface area (Å²) in [4.78, 5) is 12.3. The van der Waals surface area contributed by atoms with E-state index in [1.807, 2.05) is 0 Å². The molecular formula is C18H16Cl2FNO5S. The highest BCUT2D eigenvalue weighted by molar-refractivity contribution is 7.89. The minimum absolute atomic E-state index is 0.0190. The summed E-state index contributed by atoms with van der Waals surface area (Å²) in [5.74, 6) is -1.50. The maximum absolute atomic E-state index is 13.8. The van der Waals surface area contributed by atoms with Crippen LogP contribution in [-0.4, -0.2) is 45.0 Å². The van der Waals surface area contributed by atoms with Crippen molar-refractivity contribution in [3.05, 3.63) is 63.4 Å². The van der Waals surface area contributed by atoms with E-state index in [1.54, 1.807) is 0 Å². The second-order valence-electron chi connectivity index (χ2n) is 5.93. The average molecular weight is 448 g/mol. The Morgan fingerprint density at radius 2 is 1.86 bits per heavy atom. The molecule has 1 fully saturated rings. The second kappa shape index (κ2) is 8.75. The van der Waals surface area contributed by atoms with E-state index >= 15 is 0 Å². The predicted molar refractivity (Wildman–Crippen MR) is 102 cm³/mol. The van der Waals surface area contributed by atoms with Gasteiger partial charge in [-0.3, -0.25) is 0 Å². The van der Waals surface area contributed by atoms with Gasteiger partial charge in [-0.15, -0.1) is 0 Å². The van der Waals surface area contributed by atoms with Crippen molar-refractivity contribution in [2.24, 2.45) is 0 Å². The first-order valence-electron chi connectivity index (χ1n) is 8.28. The molecular weight excluding hydrogens is 432 g/mol. The lowest BCUT2D eigenvalue weighted by Crippen LogP contribution is -2.40. The van der Waals surface area contributed by atoms with Crippen LogP contribution in [0, 0.1) is 5.82 Å². The summed E-state index contributed by atoms with van der Waals surface area (Å²) in [6.45, 7) is 0.615. The molecule has 150 valence electrons. The van der Waals surface area contributed by atoms with E-state index in [0.717, 1.165) is 6.07 Å². The first-order chi connectivity index (χ1) is 13.3. The lowest BCUT2D eigenvalue weighted by Gasteiger charge is -2.26. The fourth-order valence-corrected chi connectivity index (χ4v) is 4.49. The van der Waals surface area contributed by atoms with E-state index in [2.05, 4.69) is 0 Å². The third-order valence-electron chi connectivity index (χ3n) is 4.17. The Hall–Kier alpha value is -1.71. The Morgan fingerprint density at radius 1 is 1.14 bits per heavy atom. The molecule has 0 spiro atoms. The van der Waals surface area contributed by atoms with Crippen LogP contribution in [0.15, 0.2) is 41.3 Å². The standard InChI is InChI=1S/C18H16Cl2FNO5S/c19-15-2-1-3-17(21)14(15)11-27-18(23)13-10-12(4-5-16(13)20)28(24,25)22-6-8-26-9-7-22/h1-5,10H,6-9,11H2. The van der Waals surface area contributed by atoms with Gasteiger partial charge >= 0.3 is 5.97 Å². The van der Waals surface area contributed by atoms with Gasteiger partial charge in [0.05, 0.1) is 33.7 Å². The molecule has 0 atom stereocenters. The number of hydrogen-bond acceptors (Lipinski definition) is 5. The number of ether oxygens (including phenoxy) is 2. The smallest absolute Gasteiger partial charge is 0.340 e. The third kappa shape index (κ3) is 4.47. The molecule has 2 aromatic rings. The number of nitrogens with zero attached hydrogens (tertiary/aromatic N) is 1. The number of morpholine rings is 1. The normalized spacial score (nSPS) is 15.4. The monoisotopic (exact) mass is 447 g/mol. The number of hydrogen-bond donors (Lipinski definition) is 0. The van der Waals surface area contributed by atoms with E-state index in [4.69, 9.17) is 32.7 Å². The van der Waals surface area contributed by atoms with Crippen LogP contribution in [0.25, 0.3) is 0 Å². The SMILES string of the molecule is O=C(OCc1c(F)cccc1Cl)c1cc(S(=O)(=O)N2CCOCC2)ccc1Cl. The Kier molecular flexibility index (Phi) is 6.57. The molecule has 1 saturated heterocycles. The number of benzene rings is 2. The van der Waals surface area contributed by atoms with Gasteiger partial charge in [0.25, 0.3) is 0 Å². The number of esters is 1. The zero-order valence-corrected chi connectivity index (χ0v) is 16.9. The van der Waals surface area contributed by atoms with Gasteiger partial charge in [0.2, 0.25) is 10.0 Å². The Morgan fingerprint density at radius 3 is 2.54 bits per heavy atom. The quantitative estimate of drug-likeness (QED) is 0.655. The van der Waals surface area contributed by atoms with Crippen LogP contribution in [0.4, 0.5) is 4.39 Å². The highest BCUT2D eigenvalue weighted by atomic mass is 35.5. The predicted octanol–water partition coefficient (Wildman–Crippen LogP) is 3.51. The van der Waals surface area contributed by atoms with Crippen molar-refractivity contribution >= 4 is 39.2 Å². The van der Waals surface area contributed by atoms with Crippen molar-refractivity contribution in [1.29, 1.82) is 0 Å². The Balaban J connectivity index is 1.82. The first-order valence-corrected chi connectivity index (χ1v) is 10.5. The fraction of sp³-hybridized carbons (Fsp3) is 0.278. The fourth-order valence-electron chi connectivity index (χ4n) is 2.64. The maximum Gasteiger partial charge on any atom is 0.340 e. The third-order valence-corrected chi connectivity index (χ3v) is 6.75. The van der Waals surface area contributed by atoms with Gasteiger partial charge in [0, 0.05) is 18.7 Å². The molecule has 1 aliphatic rings. The lowest BCUT2D eigenvalue weighted by atomic mass is 10.2. The summed E-state index contributed by atoms with van der Waals surface area (Å²) in [5, 5.41) is 0.133. The molecule has 0 aliphatic carbocycles. The summed E-state index contributed by atoms with van der Waals surface area (Å²) in [7, 11) is -3.81. The van der Waals surface area contributed by atoms with Gasteiger partial charge in [0.1, 0.15) is 12.4 Å². The van der Waals surface area contributed by atoms with Crippen molar-refractivity contribution in [1.82, 2.24) is 4.31 Å². The Labute approximate surface area is 171 Å². The summed E-state index contributed by atoms with van der Waals surface area (Å²) in [5.41, 5.74) is -0.116. The number of sulfonamides is 1. The molecule has 2 aromatic carbocycles. The molecule has 10 heteroatoms. The van der Waals surface area contributed by atoms with Crippen LogP contribution < -0.4 is 0 Å². The number of rotatable bonds is 5. The van der Waals surface area contributed by atoms with Crippen LogP contribution in [0.5, 0.6) is 0 Å². The summed E-state index contributed by atoms with van der Waals surface area (Å²) < 4.78 is 50.8. The minimum atomic E-state index is -3.81. The summed E-state index contributed by atoms with van der Waals surface area (Å²) in [6.07, 6.45) is 0. The highest BCUT2D eigenvalue weighted by Gasteiger charge is 2.28. The van der Waals surface area contributed by atoms with Gasteiger partial charge in [-0.25, -0.2) is 17.6 Å². The van der Waals surface area contributed by atoms with E-state index in [0.29, 0.717) is 13.2 Å². The molecule has 6 nitrogen and oxygen atoms in total. The molecule has 0 aromatic heterocycles. The number of carbonyl (C=O) groups is 1.